The normalized spacial score (nSPS) is 11.1. The predicted molar refractivity (Wildman–Crippen MR) is 109 cm³/mol. The molecule has 1 aromatic rings. The minimum absolute atomic E-state index is 0.752. The lowest BCUT2D eigenvalue weighted by Gasteiger charge is -2.13. The number of rotatable bonds is 14. The molecule has 0 saturated carbocycles. The first-order valence-corrected chi connectivity index (χ1v) is 10.4. The van der Waals surface area contributed by atoms with Gasteiger partial charge in [0, 0.05) is 0 Å². The van der Waals surface area contributed by atoms with Crippen molar-refractivity contribution in [2.75, 3.05) is 11.5 Å². The van der Waals surface area contributed by atoms with Crippen LogP contribution in [-0.2, 0) is 12.8 Å². The van der Waals surface area contributed by atoms with Crippen molar-refractivity contribution in [3.05, 3.63) is 23.3 Å². The average Bonchev–Trinajstić information content (AvgIpc) is 2.57. The maximum Gasteiger partial charge on any atom is 0.0550 e. The maximum atomic E-state index is 6.04. The maximum absolute atomic E-state index is 6.04. The quantitative estimate of drug-likeness (QED) is 0.296. The Hall–Kier alpha value is -1.18. The van der Waals surface area contributed by atoms with Crippen LogP contribution in [0.1, 0.15) is 102 Å². The van der Waals surface area contributed by atoms with Gasteiger partial charge in [-0.05, 0) is 48.9 Å². The molecule has 0 spiro atoms. The fourth-order valence-electron chi connectivity index (χ4n) is 3.38. The Balaban J connectivity index is 2.42. The van der Waals surface area contributed by atoms with Crippen molar-refractivity contribution >= 4 is 11.4 Å². The molecule has 0 aromatic heterocycles. The van der Waals surface area contributed by atoms with Gasteiger partial charge < -0.3 is 11.5 Å². The fourth-order valence-corrected chi connectivity index (χ4v) is 3.38. The van der Waals surface area contributed by atoms with Gasteiger partial charge in [0.15, 0.2) is 0 Å². The zero-order valence-electron chi connectivity index (χ0n) is 16.2. The van der Waals surface area contributed by atoms with Gasteiger partial charge in [0.25, 0.3) is 0 Å². The highest BCUT2D eigenvalue weighted by molar-refractivity contribution is 5.66. The van der Waals surface area contributed by atoms with Crippen LogP contribution in [0.2, 0.25) is 0 Å². The Morgan fingerprint density at radius 2 is 0.875 bits per heavy atom. The van der Waals surface area contributed by atoms with Gasteiger partial charge >= 0.3 is 0 Å². The molecule has 1 rings (SSSR count). The molecule has 2 nitrogen and oxygen atoms in total. The van der Waals surface area contributed by atoms with Crippen LogP contribution in [-0.4, -0.2) is 0 Å². The first kappa shape index (κ1) is 20.9. The summed E-state index contributed by atoms with van der Waals surface area (Å²) in [5.41, 5.74) is 16.5. The molecular weight excluding hydrogens is 292 g/mol. The van der Waals surface area contributed by atoms with E-state index in [1.807, 2.05) is 0 Å². The summed E-state index contributed by atoms with van der Waals surface area (Å²) in [6.45, 7) is 4.54. The number of hydrogen-bond acceptors (Lipinski definition) is 2. The van der Waals surface area contributed by atoms with Crippen LogP contribution >= 0.6 is 0 Å². The van der Waals surface area contributed by atoms with E-state index in [1.165, 1.54) is 88.2 Å². The van der Waals surface area contributed by atoms with Crippen molar-refractivity contribution in [3.63, 3.8) is 0 Å². The van der Waals surface area contributed by atoms with E-state index in [0.29, 0.717) is 0 Å². The number of nitrogens with two attached hydrogens (primary N) is 2. The summed E-state index contributed by atoms with van der Waals surface area (Å²) in [4.78, 5) is 0. The van der Waals surface area contributed by atoms with Crippen molar-refractivity contribution in [1.82, 2.24) is 0 Å². The molecule has 1 aromatic carbocycles. The van der Waals surface area contributed by atoms with E-state index < -0.39 is 0 Å². The van der Waals surface area contributed by atoms with Gasteiger partial charge in [0.2, 0.25) is 0 Å². The molecule has 0 aliphatic carbocycles. The lowest BCUT2D eigenvalue weighted by Crippen LogP contribution is -2.02. The Kier molecular flexibility index (Phi) is 11.4. The number of nitrogen functional groups attached to an aromatic ring is 2. The third kappa shape index (κ3) is 8.61. The Bertz CT molecular complexity index is 399. The first-order valence-electron chi connectivity index (χ1n) is 10.4. The minimum atomic E-state index is 0.752. The molecule has 24 heavy (non-hydrogen) atoms. The molecule has 0 fully saturated rings. The molecule has 0 atom stereocenters. The second-order valence-corrected chi connectivity index (χ2v) is 7.29. The van der Waals surface area contributed by atoms with E-state index in [0.717, 1.165) is 24.2 Å². The summed E-state index contributed by atoms with van der Waals surface area (Å²) in [6.07, 6.45) is 18.4. The molecule has 0 aliphatic heterocycles. The number of benzene rings is 1. The molecule has 0 aliphatic rings. The standard InChI is InChI=1S/C22H40N2/c1-3-5-7-9-11-13-15-19-17-21(23)22(24)18-20(19)16-14-12-10-8-6-4-2/h17-18H,3-16,23-24H2,1-2H3. The molecule has 0 bridgehead atoms. The van der Waals surface area contributed by atoms with Crippen LogP contribution in [0, 0.1) is 0 Å². The summed E-state index contributed by atoms with van der Waals surface area (Å²) in [6, 6.07) is 4.27. The fraction of sp³-hybridized carbons (Fsp3) is 0.727. The highest BCUT2D eigenvalue weighted by Gasteiger charge is 2.07. The number of unbranched alkanes of at least 4 members (excludes halogenated alkanes) is 10. The van der Waals surface area contributed by atoms with E-state index in [9.17, 15) is 0 Å². The third-order valence-corrected chi connectivity index (χ3v) is 5.00. The molecule has 2 heteroatoms. The summed E-state index contributed by atoms with van der Waals surface area (Å²) in [5, 5.41) is 0. The van der Waals surface area contributed by atoms with E-state index in [-0.39, 0.29) is 0 Å². The third-order valence-electron chi connectivity index (χ3n) is 5.00. The highest BCUT2D eigenvalue weighted by atomic mass is 14.7. The average molecular weight is 333 g/mol. The first-order chi connectivity index (χ1) is 11.7. The van der Waals surface area contributed by atoms with E-state index in [1.54, 1.807) is 0 Å². The Labute approximate surface area is 150 Å². The Morgan fingerprint density at radius 1 is 0.542 bits per heavy atom. The van der Waals surface area contributed by atoms with Crippen LogP contribution in [0.5, 0.6) is 0 Å². The molecule has 4 N–H and O–H groups in total. The molecule has 0 radical (unpaired) electrons. The highest BCUT2D eigenvalue weighted by Crippen LogP contribution is 2.25. The van der Waals surface area contributed by atoms with Gasteiger partial charge in [-0.3, -0.25) is 0 Å². The van der Waals surface area contributed by atoms with Gasteiger partial charge in [-0.2, -0.15) is 0 Å². The molecule has 0 saturated heterocycles. The van der Waals surface area contributed by atoms with Gasteiger partial charge in [0.05, 0.1) is 11.4 Å². The molecular formula is C22H40N2. The van der Waals surface area contributed by atoms with Crippen molar-refractivity contribution in [3.8, 4) is 0 Å². The second kappa shape index (κ2) is 13.1. The topological polar surface area (TPSA) is 52.0 Å². The van der Waals surface area contributed by atoms with Crippen LogP contribution in [0.4, 0.5) is 11.4 Å². The monoisotopic (exact) mass is 332 g/mol. The van der Waals surface area contributed by atoms with Crippen LogP contribution in [0.15, 0.2) is 12.1 Å². The number of anilines is 2. The van der Waals surface area contributed by atoms with Crippen LogP contribution < -0.4 is 11.5 Å². The van der Waals surface area contributed by atoms with Gasteiger partial charge in [-0.15, -0.1) is 0 Å². The molecule has 0 heterocycles. The van der Waals surface area contributed by atoms with E-state index in [4.69, 9.17) is 11.5 Å². The molecule has 138 valence electrons. The summed E-state index contributed by atoms with van der Waals surface area (Å²) >= 11 is 0. The minimum Gasteiger partial charge on any atom is -0.397 e. The molecule has 0 amide bonds. The van der Waals surface area contributed by atoms with Crippen LogP contribution in [0.25, 0.3) is 0 Å². The zero-order chi connectivity index (χ0) is 17.6. The predicted octanol–water partition coefficient (Wildman–Crippen LogP) is 6.66. The van der Waals surface area contributed by atoms with Gasteiger partial charge in [-0.25, -0.2) is 0 Å². The lowest BCUT2D eigenvalue weighted by molar-refractivity contribution is 0.599. The van der Waals surface area contributed by atoms with E-state index >= 15 is 0 Å². The Morgan fingerprint density at radius 3 is 1.25 bits per heavy atom. The van der Waals surface area contributed by atoms with Crippen molar-refractivity contribution < 1.29 is 0 Å². The largest absolute Gasteiger partial charge is 0.397 e. The van der Waals surface area contributed by atoms with Crippen LogP contribution in [0.3, 0.4) is 0 Å². The molecule has 0 unspecified atom stereocenters. The lowest BCUT2D eigenvalue weighted by atomic mass is 9.95. The number of aryl methyl sites for hydroxylation is 2. The second-order valence-electron chi connectivity index (χ2n) is 7.29. The smallest absolute Gasteiger partial charge is 0.0550 e. The summed E-state index contributed by atoms with van der Waals surface area (Å²) in [7, 11) is 0. The SMILES string of the molecule is CCCCCCCCc1cc(N)c(N)cc1CCCCCCCC. The van der Waals surface area contributed by atoms with Crippen molar-refractivity contribution in [1.29, 1.82) is 0 Å². The summed E-state index contributed by atoms with van der Waals surface area (Å²) < 4.78 is 0. The van der Waals surface area contributed by atoms with E-state index in [2.05, 4.69) is 26.0 Å². The van der Waals surface area contributed by atoms with Gasteiger partial charge in [0.1, 0.15) is 0 Å². The van der Waals surface area contributed by atoms with Crippen molar-refractivity contribution in [2.45, 2.75) is 104 Å². The number of hydrogen-bond donors (Lipinski definition) is 2. The summed E-state index contributed by atoms with van der Waals surface area (Å²) in [5.74, 6) is 0. The zero-order valence-corrected chi connectivity index (χ0v) is 16.2. The van der Waals surface area contributed by atoms with Gasteiger partial charge in [-0.1, -0.05) is 78.1 Å². The van der Waals surface area contributed by atoms with Crippen molar-refractivity contribution in [2.24, 2.45) is 0 Å².